The molecule has 1 aliphatic heterocycles. The van der Waals surface area contributed by atoms with Gasteiger partial charge >= 0.3 is 5.69 Å². The Hall–Kier alpha value is -2.84. The summed E-state index contributed by atoms with van der Waals surface area (Å²) in [5.41, 5.74) is 0.919. The molecule has 0 aromatic carbocycles. The molecule has 0 radical (unpaired) electrons. The number of aromatic nitrogens is 3. The summed E-state index contributed by atoms with van der Waals surface area (Å²) in [6, 6.07) is 0.0174. The molecule has 2 aromatic rings. The second-order valence-electron chi connectivity index (χ2n) is 6.71. The second kappa shape index (κ2) is 6.81. The molecule has 0 atom stereocenters. The first-order chi connectivity index (χ1) is 12.3. The molecule has 0 bridgehead atoms. The van der Waals surface area contributed by atoms with Crippen molar-refractivity contribution in [3.8, 4) is 0 Å². The Bertz CT molecular complexity index is 928. The summed E-state index contributed by atoms with van der Waals surface area (Å²) in [5, 5.41) is 6.82. The van der Waals surface area contributed by atoms with Crippen molar-refractivity contribution < 1.29 is 9.32 Å². The number of carbonyl (C=O) groups is 1. The van der Waals surface area contributed by atoms with Gasteiger partial charge in [-0.3, -0.25) is 14.2 Å². The Morgan fingerprint density at radius 1 is 1.23 bits per heavy atom. The quantitative estimate of drug-likeness (QED) is 0.831. The number of piperidine rings is 1. The number of nitrogens with zero attached hydrogens (tertiary/aromatic N) is 4. The third-order valence-corrected chi connectivity index (χ3v) is 4.86. The molecule has 0 aliphatic carbocycles. The molecule has 1 fully saturated rings. The maximum Gasteiger partial charge on any atom is 0.330 e. The molecule has 0 spiro atoms. The number of anilines is 1. The number of aryl methyl sites for hydroxylation is 3. The second-order valence-corrected chi connectivity index (χ2v) is 6.71. The van der Waals surface area contributed by atoms with Gasteiger partial charge in [-0.05, 0) is 26.7 Å². The van der Waals surface area contributed by atoms with Gasteiger partial charge in [-0.2, -0.15) is 0 Å². The van der Waals surface area contributed by atoms with Gasteiger partial charge in [-0.1, -0.05) is 5.16 Å². The van der Waals surface area contributed by atoms with Crippen LogP contribution in [-0.2, 0) is 14.1 Å². The number of hydrogen-bond donors (Lipinski definition) is 1. The molecule has 140 valence electrons. The van der Waals surface area contributed by atoms with Crippen LogP contribution in [0, 0.1) is 13.8 Å². The highest BCUT2D eigenvalue weighted by atomic mass is 16.5. The lowest BCUT2D eigenvalue weighted by Crippen LogP contribution is -2.48. The first-order valence-electron chi connectivity index (χ1n) is 8.55. The standard InChI is InChI=1S/C17H23N5O4/c1-10-14(11(2)26-19-10)15(23)18-12-5-7-22(8-6-12)13-9-20(3)17(25)21(4)16(13)24/h9,12H,5-8H2,1-4H3,(H,18,23). The molecular formula is C17H23N5O4. The molecule has 26 heavy (non-hydrogen) atoms. The molecule has 3 heterocycles. The van der Waals surface area contributed by atoms with Crippen LogP contribution in [0.2, 0.25) is 0 Å². The number of hydrogen-bond acceptors (Lipinski definition) is 6. The van der Waals surface area contributed by atoms with Gasteiger partial charge in [0, 0.05) is 39.4 Å². The van der Waals surface area contributed by atoms with Gasteiger partial charge in [0.1, 0.15) is 17.0 Å². The molecule has 1 aliphatic rings. The van der Waals surface area contributed by atoms with E-state index >= 15 is 0 Å². The predicted octanol–water partition coefficient (Wildman–Crippen LogP) is 0.0876. The smallest absolute Gasteiger partial charge is 0.330 e. The Morgan fingerprint density at radius 3 is 2.46 bits per heavy atom. The van der Waals surface area contributed by atoms with E-state index in [1.165, 1.54) is 11.6 Å². The molecule has 9 nitrogen and oxygen atoms in total. The van der Waals surface area contributed by atoms with Gasteiger partial charge in [-0.25, -0.2) is 4.79 Å². The van der Waals surface area contributed by atoms with E-state index in [1.54, 1.807) is 27.1 Å². The molecular weight excluding hydrogens is 338 g/mol. The van der Waals surface area contributed by atoms with E-state index in [9.17, 15) is 14.4 Å². The largest absolute Gasteiger partial charge is 0.366 e. The fourth-order valence-corrected chi connectivity index (χ4v) is 3.34. The van der Waals surface area contributed by atoms with Crippen molar-refractivity contribution in [1.82, 2.24) is 19.6 Å². The number of nitrogens with one attached hydrogen (secondary N) is 1. The predicted molar refractivity (Wildman–Crippen MR) is 95.6 cm³/mol. The van der Waals surface area contributed by atoms with E-state index in [-0.39, 0.29) is 23.2 Å². The lowest BCUT2D eigenvalue weighted by Gasteiger charge is -2.33. The van der Waals surface area contributed by atoms with Crippen LogP contribution < -0.4 is 21.5 Å². The monoisotopic (exact) mass is 361 g/mol. The van der Waals surface area contributed by atoms with Crippen LogP contribution in [-0.4, -0.2) is 39.3 Å². The van der Waals surface area contributed by atoms with Crippen LogP contribution in [0.5, 0.6) is 0 Å². The molecule has 0 saturated carbocycles. The van der Waals surface area contributed by atoms with Crippen molar-refractivity contribution in [2.45, 2.75) is 32.7 Å². The lowest BCUT2D eigenvalue weighted by molar-refractivity contribution is 0.0929. The van der Waals surface area contributed by atoms with Gasteiger partial charge in [0.05, 0.1) is 5.69 Å². The highest BCUT2D eigenvalue weighted by Crippen LogP contribution is 2.18. The fraction of sp³-hybridized carbons (Fsp3) is 0.529. The average molecular weight is 361 g/mol. The lowest BCUT2D eigenvalue weighted by atomic mass is 10.0. The summed E-state index contributed by atoms with van der Waals surface area (Å²) in [6.45, 7) is 4.70. The summed E-state index contributed by atoms with van der Waals surface area (Å²) < 4.78 is 7.56. The zero-order chi connectivity index (χ0) is 19.0. The van der Waals surface area contributed by atoms with Crippen LogP contribution >= 0.6 is 0 Å². The van der Waals surface area contributed by atoms with Crippen LogP contribution in [0.3, 0.4) is 0 Å². The van der Waals surface area contributed by atoms with Gasteiger partial charge in [-0.15, -0.1) is 0 Å². The van der Waals surface area contributed by atoms with E-state index in [0.717, 1.165) is 4.57 Å². The Morgan fingerprint density at radius 2 is 1.88 bits per heavy atom. The normalized spacial score (nSPS) is 15.3. The summed E-state index contributed by atoms with van der Waals surface area (Å²) in [5.74, 6) is 0.323. The highest BCUT2D eigenvalue weighted by Gasteiger charge is 2.25. The molecule has 2 aromatic heterocycles. The Labute approximate surface area is 150 Å². The zero-order valence-electron chi connectivity index (χ0n) is 15.4. The van der Waals surface area contributed by atoms with E-state index < -0.39 is 0 Å². The van der Waals surface area contributed by atoms with Crippen LogP contribution in [0.25, 0.3) is 0 Å². The van der Waals surface area contributed by atoms with E-state index in [4.69, 9.17) is 4.52 Å². The minimum absolute atomic E-state index is 0.0174. The summed E-state index contributed by atoms with van der Waals surface area (Å²) >= 11 is 0. The Kier molecular flexibility index (Phi) is 4.71. The van der Waals surface area contributed by atoms with E-state index in [2.05, 4.69) is 10.5 Å². The van der Waals surface area contributed by atoms with E-state index in [0.29, 0.717) is 48.6 Å². The minimum Gasteiger partial charge on any atom is -0.366 e. The van der Waals surface area contributed by atoms with Crippen molar-refractivity contribution in [1.29, 1.82) is 0 Å². The topological polar surface area (TPSA) is 102 Å². The van der Waals surface area contributed by atoms with Crippen molar-refractivity contribution in [3.63, 3.8) is 0 Å². The third-order valence-electron chi connectivity index (χ3n) is 4.86. The van der Waals surface area contributed by atoms with Crippen molar-refractivity contribution in [2.75, 3.05) is 18.0 Å². The molecule has 1 amide bonds. The first kappa shape index (κ1) is 18.0. The highest BCUT2D eigenvalue weighted by molar-refractivity contribution is 5.96. The molecule has 1 saturated heterocycles. The van der Waals surface area contributed by atoms with Crippen LogP contribution in [0.4, 0.5) is 5.69 Å². The summed E-state index contributed by atoms with van der Waals surface area (Å²) in [7, 11) is 3.10. The third kappa shape index (κ3) is 3.16. The van der Waals surface area contributed by atoms with Crippen molar-refractivity contribution >= 4 is 11.6 Å². The fourth-order valence-electron chi connectivity index (χ4n) is 3.34. The van der Waals surface area contributed by atoms with Crippen molar-refractivity contribution in [2.24, 2.45) is 14.1 Å². The average Bonchev–Trinajstić information content (AvgIpc) is 2.95. The molecule has 0 unspecified atom stereocenters. The van der Waals surface area contributed by atoms with Gasteiger partial charge in [0.15, 0.2) is 0 Å². The number of amides is 1. The van der Waals surface area contributed by atoms with Gasteiger partial charge < -0.3 is 19.3 Å². The van der Waals surface area contributed by atoms with Crippen LogP contribution in [0.1, 0.15) is 34.7 Å². The Balaban J connectivity index is 1.68. The summed E-state index contributed by atoms with van der Waals surface area (Å²) in [4.78, 5) is 38.6. The molecule has 1 N–H and O–H groups in total. The minimum atomic E-state index is -0.347. The van der Waals surface area contributed by atoms with Gasteiger partial charge in [0.25, 0.3) is 11.5 Å². The molecule has 3 rings (SSSR count). The number of carbonyl (C=O) groups excluding carboxylic acids is 1. The van der Waals surface area contributed by atoms with Crippen molar-refractivity contribution in [3.05, 3.63) is 44.1 Å². The van der Waals surface area contributed by atoms with Gasteiger partial charge in [0.2, 0.25) is 0 Å². The van der Waals surface area contributed by atoms with E-state index in [1.807, 2.05) is 4.90 Å². The number of rotatable bonds is 3. The SMILES string of the molecule is Cc1noc(C)c1C(=O)NC1CCN(c2cn(C)c(=O)n(C)c2=O)CC1. The maximum absolute atomic E-state index is 12.4. The zero-order valence-corrected chi connectivity index (χ0v) is 15.4. The summed E-state index contributed by atoms with van der Waals surface area (Å²) in [6.07, 6.45) is 3.00. The van der Waals surface area contributed by atoms with Crippen LogP contribution in [0.15, 0.2) is 20.3 Å². The first-order valence-corrected chi connectivity index (χ1v) is 8.55. The molecule has 9 heteroatoms. The maximum atomic E-state index is 12.4.